The molecule has 4 atom stereocenters. The molecule has 0 aromatic heterocycles. The van der Waals surface area contributed by atoms with Gasteiger partial charge in [-0.05, 0) is 6.92 Å². The largest absolute Gasteiger partial charge is 0.462 e. The van der Waals surface area contributed by atoms with Gasteiger partial charge in [-0.25, -0.2) is 0 Å². The van der Waals surface area contributed by atoms with Crippen LogP contribution in [0.25, 0.3) is 0 Å². The van der Waals surface area contributed by atoms with Crippen LogP contribution in [0.3, 0.4) is 0 Å². The van der Waals surface area contributed by atoms with E-state index in [2.05, 4.69) is 0 Å². The minimum absolute atomic E-state index is 0.000104. The van der Waals surface area contributed by atoms with Crippen molar-refractivity contribution < 1.29 is 23.7 Å². The third-order valence-corrected chi connectivity index (χ3v) is 3.18. The summed E-state index contributed by atoms with van der Waals surface area (Å²) in [5.41, 5.74) is 0. The summed E-state index contributed by atoms with van der Waals surface area (Å²) < 4.78 is 21.7. The summed E-state index contributed by atoms with van der Waals surface area (Å²) >= 11 is 0. The average molecular weight is 258 g/mol. The summed E-state index contributed by atoms with van der Waals surface area (Å²) in [6.07, 6.45) is 1.56. The Kier molecular flexibility index (Phi) is 4.59. The van der Waals surface area contributed by atoms with E-state index in [4.69, 9.17) is 18.9 Å². The second kappa shape index (κ2) is 5.99. The van der Waals surface area contributed by atoms with Gasteiger partial charge in [-0.2, -0.15) is 0 Å². The van der Waals surface area contributed by atoms with Crippen LogP contribution in [0.15, 0.2) is 0 Å². The molecule has 0 aromatic carbocycles. The van der Waals surface area contributed by atoms with E-state index in [1.54, 1.807) is 0 Å². The van der Waals surface area contributed by atoms with Gasteiger partial charge in [0.1, 0.15) is 12.2 Å². The van der Waals surface area contributed by atoms with Crippen LogP contribution in [-0.4, -0.2) is 43.8 Å². The minimum atomic E-state index is -0.138. The third-order valence-electron chi connectivity index (χ3n) is 3.18. The van der Waals surface area contributed by atoms with Crippen molar-refractivity contribution in [3.63, 3.8) is 0 Å². The quantitative estimate of drug-likeness (QED) is 0.552. The zero-order valence-electron chi connectivity index (χ0n) is 11.3. The van der Waals surface area contributed by atoms with Crippen LogP contribution >= 0.6 is 0 Å². The Balaban J connectivity index is 1.69. The molecular weight excluding hydrogens is 236 g/mol. The monoisotopic (exact) mass is 258 g/mol. The predicted octanol–water partition coefficient (Wildman–Crippen LogP) is 1.49. The zero-order valence-corrected chi connectivity index (χ0v) is 11.3. The number of hydrogen-bond donors (Lipinski definition) is 0. The molecule has 2 heterocycles. The Bertz CT molecular complexity index is 291. The molecule has 18 heavy (non-hydrogen) atoms. The third kappa shape index (κ3) is 3.93. The van der Waals surface area contributed by atoms with Crippen molar-refractivity contribution in [2.45, 2.75) is 58.2 Å². The van der Waals surface area contributed by atoms with Gasteiger partial charge in [0.2, 0.25) is 0 Å². The first kappa shape index (κ1) is 13.8. The second-order valence-corrected chi connectivity index (χ2v) is 5.27. The van der Waals surface area contributed by atoms with Crippen molar-refractivity contribution in [2.75, 3.05) is 13.2 Å². The highest BCUT2D eigenvalue weighted by atomic mass is 16.8. The maximum atomic E-state index is 11.5. The molecule has 2 rings (SSSR count). The fraction of sp³-hybridized carbons (Fsp3) is 0.923. The van der Waals surface area contributed by atoms with Crippen molar-refractivity contribution in [3.05, 3.63) is 0 Å². The molecule has 0 aromatic rings. The number of esters is 1. The van der Waals surface area contributed by atoms with E-state index in [9.17, 15) is 4.79 Å². The summed E-state index contributed by atoms with van der Waals surface area (Å²) in [7, 11) is 0. The van der Waals surface area contributed by atoms with E-state index in [0.717, 1.165) is 6.42 Å². The highest BCUT2D eigenvalue weighted by Crippen LogP contribution is 2.24. The number of epoxide rings is 1. The molecule has 2 aliphatic rings. The summed E-state index contributed by atoms with van der Waals surface area (Å²) in [6, 6.07) is 0. The molecule has 2 aliphatic heterocycles. The lowest BCUT2D eigenvalue weighted by Crippen LogP contribution is -2.36. The normalized spacial score (nSPS) is 35.6. The van der Waals surface area contributed by atoms with E-state index < -0.39 is 0 Å². The number of hydrogen-bond acceptors (Lipinski definition) is 5. The van der Waals surface area contributed by atoms with E-state index in [1.807, 2.05) is 20.8 Å². The molecular formula is C13H22O5. The second-order valence-electron chi connectivity index (χ2n) is 5.27. The number of carbonyl (C=O) groups excluding carboxylic acids is 1. The van der Waals surface area contributed by atoms with Crippen molar-refractivity contribution >= 4 is 5.97 Å². The molecule has 5 nitrogen and oxygen atoms in total. The van der Waals surface area contributed by atoms with Crippen LogP contribution in [0.4, 0.5) is 0 Å². The van der Waals surface area contributed by atoms with E-state index in [-0.39, 0.29) is 36.5 Å². The Labute approximate surface area is 108 Å². The standard InChI is InChI=1S/C13H22O5/c1-8(2)12(14)18-10-4-5-15-11(6-10)7-16-13-9(3)17-13/h8-11,13H,4-7H2,1-3H3/t9?,10-,11+,13?/m1/s1. The molecule has 5 heteroatoms. The van der Waals surface area contributed by atoms with Gasteiger partial charge in [0.15, 0.2) is 6.29 Å². The van der Waals surface area contributed by atoms with Gasteiger partial charge in [-0.1, -0.05) is 13.8 Å². The summed E-state index contributed by atoms with van der Waals surface area (Å²) in [5.74, 6) is -0.219. The highest BCUT2D eigenvalue weighted by molar-refractivity contribution is 5.71. The van der Waals surface area contributed by atoms with Crippen LogP contribution in [0.2, 0.25) is 0 Å². The van der Waals surface area contributed by atoms with Crippen molar-refractivity contribution in [3.8, 4) is 0 Å². The minimum Gasteiger partial charge on any atom is -0.462 e. The smallest absolute Gasteiger partial charge is 0.308 e. The lowest BCUT2D eigenvalue weighted by atomic mass is 10.1. The Morgan fingerprint density at radius 3 is 2.78 bits per heavy atom. The van der Waals surface area contributed by atoms with Crippen LogP contribution in [0.5, 0.6) is 0 Å². The maximum absolute atomic E-state index is 11.5. The first-order valence-corrected chi connectivity index (χ1v) is 6.65. The molecule has 0 radical (unpaired) electrons. The van der Waals surface area contributed by atoms with Gasteiger partial charge < -0.3 is 18.9 Å². The van der Waals surface area contributed by atoms with Crippen molar-refractivity contribution in [2.24, 2.45) is 5.92 Å². The first-order valence-electron chi connectivity index (χ1n) is 6.65. The predicted molar refractivity (Wildman–Crippen MR) is 64.0 cm³/mol. The van der Waals surface area contributed by atoms with E-state index in [1.165, 1.54) is 0 Å². The Morgan fingerprint density at radius 2 is 2.17 bits per heavy atom. The summed E-state index contributed by atoms with van der Waals surface area (Å²) in [4.78, 5) is 11.5. The van der Waals surface area contributed by atoms with Gasteiger partial charge >= 0.3 is 5.97 Å². The lowest BCUT2D eigenvalue weighted by molar-refractivity contribution is -0.162. The molecule has 0 amide bonds. The molecule has 0 bridgehead atoms. The van der Waals surface area contributed by atoms with Crippen molar-refractivity contribution in [1.82, 2.24) is 0 Å². The van der Waals surface area contributed by atoms with E-state index in [0.29, 0.717) is 19.6 Å². The van der Waals surface area contributed by atoms with Gasteiger partial charge in [0.05, 0.1) is 25.2 Å². The molecule has 2 unspecified atom stereocenters. The first-order chi connectivity index (χ1) is 8.56. The van der Waals surface area contributed by atoms with E-state index >= 15 is 0 Å². The molecule has 0 N–H and O–H groups in total. The van der Waals surface area contributed by atoms with Crippen LogP contribution < -0.4 is 0 Å². The maximum Gasteiger partial charge on any atom is 0.308 e. The van der Waals surface area contributed by atoms with Crippen molar-refractivity contribution in [1.29, 1.82) is 0 Å². The van der Waals surface area contributed by atoms with Gasteiger partial charge in [0.25, 0.3) is 0 Å². The summed E-state index contributed by atoms with van der Waals surface area (Å²) in [6.45, 7) is 6.78. The SMILES string of the molecule is CC(C)C(=O)O[C@@H]1CCO[C@H](COC2OC2C)C1. The molecule has 2 saturated heterocycles. The molecule has 2 fully saturated rings. The van der Waals surface area contributed by atoms with Gasteiger partial charge in [0, 0.05) is 12.8 Å². The van der Waals surface area contributed by atoms with Crippen LogP contribution in [0.1, 0.15) is 33.6 Å². The number of carbonyl (C=O) groups is 1. The molecule has 104 valence electrons. The van der Waals surface area contributed by atoms with Crippen LogP contribution in [0, 0.1) is 5.92 Å². The highest BCUT2D eigenvalue weighted by Gasteiger charge is 2.36. The van der Waals surface area contributed by atoms with Crippen LogP contribution in [-0.2, 0) is 23.7 Å². The lowest BCUT2D eigenvalue weighted by Gasteiger charge is -2.29. The summed E-state index contributed by atoms with van der Waals surface area (Å²) in [5, 5.41) is 0. The molecule has 0 saturated carbocycles. The molecule has 0 spiro atoms. The molecule has 0 aliphatic carbocycles. The van der Waals surface area contributed by atoms with Gasteiger partial charge in [-0.15, -0.1) is 0 Å². The Hall–Kier alpha value is -0.650. The topological polar surface area (TPSA) is 57.3 Å². The fourth-order valence-corrected chi connectivity index (χ4v) is 1.91. The zero-order chi connectivity index (χ0) is 13.1. The fourth-order valence-electron chi connectivity index (χ4n) is 1.91. The number of ether oxygens (including phenoxy) is 4. The van der Waals surface area contributed by atoms with Gasteiger partial charge in [-0.3, -0.25) is 4.79 Å². The average Bonchev–Trinajstić information content (AvgIpc) is 3.03. The number of rotatable bonds is 5. The Morgan fingerprint density at radius 1 is 1.44 bits per heavy atom.